The highest BCUT2D eigenvalue weighted by Crippen LogP contribution is 2.09. The molecule has 0 bridgehead atoms. The summed E-state index contributed by atoms with van der Waals surface area (Å²) in [6, 6.07) is 0.641. The maximum absolute atomic E-state index is 4.17. The molecule has 1 atom stereocenters. The number of aryl methyl sites for hydroxylation is 1. The Hall–Kier alpha value is -1.01. The monoisotopic (exact) mass is 266 g/mol. The Morgan fingerprint density at radius 2 is 2.26 bits per heavy atom. The highest BCUT2D eigenvalue weighted by molar-refractivity contribution is 4.84. The SMILES string of the molecule is CCCN(Cc1nnnn1CCC)CC1CCCN1. The zero-order valence-electron chi connectivity index (χ0n) is 12.2. The zero-order valence-corrected chi connectivity index (χ0v) is 12.2. The second-order valence-electron chi connectivity index (χ2n) is 5.35. The van der Waals surface area contributed by atoms with Gasteiger partial charge < -0.3 is 5.32 Å². The van der Waals surface area contributed by atoms with Crippen molar-refractivity contribution in [2.24, 2.45) is 0 Å². The first kappa shape index (κ1) is 14.4. The molecule has 6 heteroatoms. The van der Waals surface area contributed by atoms with Gasteiger partial charge in [0.25, 0.3) is 0 Å². The van der Waals surface area contributed by atoms with Crippen LogP contribution in [-0.2, 0) is 13.1 Å². The Morgan fingerprint density at radius 1 is 1.37 bits per heavy atom. The molecule has 1 N–H and O–H groups in total. The second kappa shape index (κ2) is 7.55. The van der Waals surface area contributed by atoms with Crippen molar-refractivity contribution in [3.05, 3.63) is 5.82 Å². The molecule has 2 heterocycles. The van der Waals surface area contributed by atoms with Crippen LogP contribution in [0.5, 0.6) is 0 Å². The predicted molar refractivity (Wildman–Crippen MR) is 74.7 cm³/mol. The van der Waals surface area contributed by atoms with Crippen LogP contribution >= 0.6 is 0 Å². The van der Waals surface area contributed by atoms with E-state index in [9.17, 15) is 0 Å². The van der Waals surface area contributed by atoms with E-state index in [1.807, 2.05) is 4.68 Å². The Balaban J connectivity index is 1.92. The van der Waals surface area contributed by atoms with Crippen LogP contribution in [-0.4, -0.2) is 50.8 Å². The molecular weight excluding hydrogens is 240 g/mol. The lowest BCUT2D eigenvalue weighted by Gasteiger charge is -2.24. The molecule has 1 saturated heterocycles. The molecule has 0 amide bonds. The van der Waals surface area contributed by atoms with Crippen LogP contribution in [0.2, 0.25) is 0 Å². The molecule has 108 valence electrons. The molecule has 0 aromatic carbocycles. The minimum Gasteiger partial charge on any atom is -0.313 e. The minimum absolute atomic E-state index is 0.641. The van der Waals surface area contributed by atoms with Gasteiger partial charge in [-0.25, -0.2) is 4.68 Å². The summed E-state index contributed by atoms with van der Waals surface area (Å²) in [5.41, 5.74) is 0. The Kier molecular flexibility index (Phi) is 5.72. The first-order valence-corrected chi connectivity index (χ1v) is 7.54. The quantitative estimate of drug-likeness (QED) is 0.762. The number of hydrogen-bond acceptors (Lipinski definition) is 5. The highest BCUT2D eigenvalue weighted by atomic mass is 15.5. The second-order valence-corrected chi connectivity index (χ2v) is 5.35. The Labute approximate surface area is 115 Å². The van der Waals surface area contributed by atoms with Gasteiger partial charge in [-0.1, -0.05) is 13.8 Å². The van der Waals surface area contributed by atoms with E-state index in [-0.39, 0.29) is 0 Å². The topological polar surface area (TPSA) is 58.9 Å². The van der Waals surface area contributed by atoms with Gasteiger partial charge in [0, 0.05) is 19.1 Å². The highest BCUT2D eigenvalue weighted by Gasteiger charge is 2.19. The lowest BCUT2D eigenvalue weighted by atomic mass is 10.2. The van der Waals surface area contributed by atoms with Crippen molar-refractivity contribution >= 4 is 0 Å². The van der Waals surface area contributed by atoms with Gasteiger partial charge in [0.1, 0.15) is 0 Å². The van der Waals surface area contributed by atoms with Crippen molar-refractivity contribution in [3.8, 4) is 0 Å². The maximum Gasteiger partial charge on any atom is 0.165 e. The molecule has 0 aliphatic carbocycles. The summed E-state index contributed by atoms with van der Waals surface area (Å²) >= 11 is 0. The van der Waals surface area contributed by atoms with Gasteiger partial charge in [-0.2, -0.15) is 0 Å². The van der Waals surface area contributed by atoms with Gasteiger partial charge in [0.2, 0.25) is 0 Å². The Morgan fingerprint density at radius 3 is 2.95 bits per heavy atom. The average molecular weight is 266 g/mol. The molecule has 19 heavy (non-hydrogen) atoms. The standard InChI is InChI=1S/C13H26N6/c1-3-8-18(10-12-6-5-7-14-12)11-13-15-16-17-19(13)9-4-2/h12,14H,3-11H2,1-2H3. The van der Waals surface area contributed by atoms with Crippen molar-refractivity contribution in [1.82, 2.24) is 30.4 Å². The molecule has 1 aromatic heterocycles. The van der Waals surface area contributed by atoms with Crippen LogP contribution < -0.4 is 5.32 Å². The van der Waals surface area contributed by atoms with Crippen molar-refractivity contribution in [3.63, 3.8) is 0 Å². The van der Waals surface area contributed by atoms with Crippen molar-refractivity contribution < 1.29 is 0 Å². The largest absolute Gasteiger partial charge is 0.313 e. The molecular formula is C13H26N6. The molecule has 1 fully saturated rings. The fraction of sp³-hybridized carbons (Fsp3) is 0.923. The lowest BCUT2D eigenvalue weighted by molar-refractivity contribution is 0.231. The van der Waals surface area contributed by atoms with E-state index in [0.29, 0.717) is 6.04 Å². The average Bonchev–Trinajstić information content (AvgIpc) is 3.03. The summed E-state index contributed by atoms with van der Waals surface area (Å²) in [6.45, 7) is 9.52. The third-order valence-electron chi connectivity index (χ3n) is 3.59. The third-order valence-corrected chi connectivity index (χ3v) is 3.59. The number of aromatic nitrogens is 4. The van der Waals surface area contributed by atoms with Gasteiger partial charge >= 0.3 is 0 Å². The molecule has 2 rings (SSSR count). The molecule has 1 aromatic rings. The Bertz CT molecular complexity index is 358. The maximum atomic E-state index is 4.17. The van der Waals surface area contributed by atoms with Crippen LogP contribution in [0.15, 0.2) is 0 Å². The number of rotatable bonds is 8. The number of nitrogens with one attached hydrogen (secondary N) is 1. The van der Waals surface area contributed by atoms with Gasteiger partial charge in [-0.15, -0.1) is 5.10 Å². The molecule has 1 aliphatic rings. The van der Waals surface area contributed by atoms with E-state index in [1.54, 1.807) is 0 Å². The predicted octanol–water partition coefficient (Wildman–Crippen LogP) is 1.05. The van der Waals surface area contributed by atoms with Gasteiger partial charge in [0.15, 0.2) is 5.82 Å². The zero-order chi connectivity index (χ0) is 13.5. The van der Waals surface area contributed by atoms with E-state index < -0.39 is 0 Å². The number of tetrazole rings is 1. The molecule has 0 saturated carbocycles. The number of hydrogen-bond donors (Lipinski definition) is 1. The summed E-state index contributed by atoms with van der Waals surface area (Å²) in [4.78, 5) is 2.47. The fourth-order valence-corrected chi connectivity index (χ4v) is 2.70. The minimum atomic E-state index is 0.641. The summed E-state index contributed by atoms with van der Waals surface area (Å²) in [6.07, 6.45) is 4.83. The van der Waals surface area contributed by atoms with E-state index in [2.05, 4.69) is 39.6 Å². The van der Waals surface area contributed by atoms with Gasteiger partial charge in [-0.05, 0) is 49.2 Å². The van der Waals surface area contributed by atoms with E-state index >= 15 is 0 Å². The van der Waals surface area contributed by atoms with E-state index in [4.69, 9.17) is 0 Å². The summed E-state index contributed by atoms with van der Waals surface area (Å²) in [7, 11) is 0. The first-order chi connectivity index (χ1) is 9.33. The molecule has 0 spiro atoms. The molecule has 1 aliphatic heterocycles. The fourth-order valence-electron chi connectivity index (χ4n) is 2.70. The van der Waals surface area contributed by atoms with Crippen LogP contribution in [0.25, 0.3) is 0 Å². The molecule has 1 unspecified atom stereocenters. The third kappa shape index (κ3) is 4.24. The van der Waals surface area contributed by atoms with Crippen LogP contribution in [0.3, 0.4) is 0 Å². The molecule has 0 radical (unpaired) electrons. The first-order valence-electron chi connectivity index (χ1n) is 7.54. The van der Waals surface area contributed by atoms with Gasteiger partial charge in [0.05, 0.1) is 6.54 Å². The van der Waals surface area contributed by atoms with Crippen LogP contribution in [0, 0.1) is 0 Å². The normalized spacial score (nSPS) is 19.4. The van der Waals surface area contributed by atoms with Crippen molar-refractivity contribution in [2.45, 2.75) is 58.7 Å². The van der Waals surface area contributed by atoms with Crippen LogP contribution in [0.4, 0.5) is 0 Å². The number of nitrogens with zero attached hydrogens (tertiary/aromatic N) is 5. The van der Waals surface area contributed by atoms with Gasteiger partial charge in [-0.3, -0.25) is 4.90 Å². The lowest BCUT2D eigenvalue weighted by Crippen LogP contribution is -2.38. The van der Waals surface area contributed by atoms with E-state index in [1.165, 1.54) is 19.3 Å². The smallest absolute Gasteiger partial charge is 0.165 e. The summed E-state index contributed by atoms with van der Waals surface area (Å²) in [5, 5.41) is 15.6. The van der Waals surface area contributed by atoms with Crippen molar-refractivity contribution in [1.29, 1.82) is 0 Å². The molecule has 6 nitrogen and oxygen atoms in total. The summed E-state index contributed by atoms with van der Waals surface area (Å²) < 4.78 is 1.94. The summed E-state index contributed by atoms with van der Waals surface area (Å²) in [5.74, 6) is 0.994. The van der Waals surface area contributed by atoms with Crippen molar-refractivity contribution in [2.75, 3.05) is 19.6 Å². The van der Waals surface area contributed by atoms with Crippen LogP contribution in [0.1, 0.15) is 45.4 Å². The van der Waals surface area contributed by atoms with E-state index in [0.717, 1.165) is 45.0 Å².